The molecule has 4 nitrogen and oxygen atoms in total. The molecule has 6 heteroatoms. The van der Waals surface area contributed by atoms with E-state index in [9.17, 15) is 9.18 Å². The van der Waals surface area contributed by atoms with Crippen molar-refractivity contribution in [1.29, 1.82) is 0 Å². The number of nitrogens with one attached hydrogen (secondary N) is 1. The van der Waals surface area contributed by atoms with E-state index in [-0.39, 0.29) is 23.9 Å². The van der Waals surface area contributed by atoms with Gasteiger partial charge in [-0.25, -0.2) is 9.18 Å². The Bertz CT molecular complexity index is 467. The summed E-state index contributed by atoms with van der Waals surface area (Å²) >= 11 is 3.30. The summed E-state index contributed by atoms with van der Waals surface area (Å²) < 4.78 is 14.5. The molecule has 98 valence electrons. The maximum atomic E-state index is 13.7. The minimum atomic E-state index is -0.325. The Kier molecular flexibility index (Phi) is 3.87. The molecule has 0 saturated carbocycles. The average Bonchev–Trinajstić information content (AvgIpc) is 2.63. The Labute approximate surface area is 113 Å². The van der Waals surface area contributed by atoms with Gasteiger partial charge in [0.25, 0.3) is 0 Å². The highest BCUT2D eigenvalue weighted by Crippen LogP contribution is 2.25. The highest BCUT2D eigenvalue weighted by atomic mass is 79.9. The van der Waals surface area contributed by atoms with Crippen LogP contribution in [0.3, 0.4) is 0 Å². The highest BCUT2D eigenvalue weighted by molar-refractivity contribution is 9.10. The first-order chi connectivity index (χ1) is 8.47. The van der Waals surface area contributed by atoms with Gasteiger partial charge in [-0.15, -0.1) is 0 Å². The number of hydrogen-bond acceptors (Lipinski definition) is 2. The normalized spacial score (nSPS) is 21.0. The monoisotopic (exact) mass is 315 g/mol. The summed E-state index contributed by atoms with van der Waals surface area (Å²) in [6.07, 6.45) is 0. The number of nitrogens with zero attached hydrogens (tertiary/aromatic N) is 1. The largest absolute Gasteiger partial charge is 0.329 e. The second kappa shape index (κ2) is 5.24. The number of urea groups is 1. The third-order valence-corrected chi connectivity index (χ3v) is 3.32. The molecule has 0 bridgehead atoms. The summed E-state index contributed by atoms with van der Waals surface area (Å²) in [5, 5.41) is 2.76. The topological polar surface area (TPSA) is 58.4 Å². The number of benzene rings is 1. The molecule has 2 unspecified atom stereocenters. The molecule has 0 aromatic heterocycles. The van der Waals surface area contributed by atoms with Crippen molar-refractivity contribution in [1.82, 2.24) is 10.2 Å². The molecule has 0 radical (unpaired) electrons. The minimum absolute atomic E-state index is 0.0955. The SMILES string of the molecule is CC(N)CN1CC(c2cc(Br)ccc2F)NC1=O. The molecule has 1 fully saturated rings. The lowest BCUT2D eigenvalue weighted by Crippen LogP contribution is -2.37. The molecule has 1 aliphatic rings. The molecule has 1 aromatic rings. The molecular formula is C12H15BrFN3O. The maximum Gasteiger partial charge on any atom is 0.318 e. The summed E-state index contributed by atoms with van der Waals surface area (Å²) in [4.78, 5) is 13.3. The quantitative estimate of drug-likeness (QED) is 0.896. The van der Waals surface area contributed by atoms with E-state index in [2.05, 4.69) is 21.2 Å². The Hall–Kier alpha value is -1.14. The molecule has 1 saturated heterocycles. The fourth-order valence-corrected chi connectivity index (χ4v) is 2.43. The van der Waals surface area contributed by atoms with Gasteiger partial charge < -0.3 is 16.0 Å². The number of hydrogen-bond donors (Lipinski definition) is 2. The van der Waals surface area contributed by atoms with Crippen molar-refractivity contribution in [3.8, 4) is 0 Å². The number of rotatable bonds is 3. The van der Waals surface area contributed by atoms with Crippen LogP contribution in [-0.4, -0.2) is 30.1 Å². The summed E-state index contributed by atoms with van der Waals surface area (Å²) in [5.41, 5.74) is 6.16. The van der Waals surface area contributed by atoms with Gasteiger partial charge in [0.2, 0.25) is 0 Å². The number of halogens is 2. The van der Waals surface area contributed by atoms with Crippen LogP contribution in [0.1, 0.15) is 18.5 Å². The number of nitrogens with two attached hydrogens (primary N) is 1. The van der Waals surface area contributed by atoms with Crippen molar-refractivity contribution in [2.75, 3.05) is 13.1 Å². The molecule has 1 aromatic carbocycles. The fourth-order valence-electron chi connectivity index (χ4n) is 2.05. The molecule has 2 rings (SSSR count). The summed E-state index contributed by atoms with van der Waals surface area (Å²) in [5.74, 6) is -0.314. The number of carbonyl (C=O) groups excluding carboxylic acids is 1. The lowest BCUT2D eigenvalue weighted by atomic mass is 10.1. The van der Waals surface area contributed by atoms with Gasteiger partial charge in [-0.1, -0.05) is 15.9 Å². The van der Waals surface area contributed by atoms with Crippen LogP contribution in [0, 0.1) is 5.82 Å². The van der Waals surface area contributed by atoms with Gasteiger partial charge in [-0.2, -0.15) is 0 Å². The zero-order chi connectivity index (χ0) is 13.3. The van der Waals surface area contributed by atoms with Crippen LogP contribution in [0.4, 0.5) is 9.18 Å². The van der Waals surface area contributed by atoms with E-state index < -0.39 is 0 Å². The van der Waals surface area contributed by atoms with Crippen LogP contribution in [0.15, 0.2) is 22.7 Å². The lowest BCUT2D eigenvalue weighted by Gasteiger charge is -2.17. The third kappa shape index (κ3) is 2.81. The van der Waals surface area contributed by atoms with Crippen LogP contribution >= 0.6 is 15.9 Å². The highest BCUT2D eigenvalue weighted by Gasteiger charge is 2.31. The first-order valence-electron chi connectivity index (χ1n) is 5.73. The molecule has 2 amide bonds. The predicted octanol–water partition coefficient (Wildman–Crippen LogP) is 2.00. The van der Waals surface area contributed by atoms with Crippen LogP contribution in [0.25, 0.3) is 0 Å². The standard InChI is InChI=1S/C12H15BrFN3O/c1-7(15)5-17-6-11(16-12(17)18)9-4-8(13)2-3-10(9)14/h2-4,7,11H,5-6,15H2,1H3,(H,16,18). The van der Waals surface area contributed by atoms with Gasteiger partial charge in [0.15, 0.2) is 0 Å². The molecule has 0 aliphatic carbocycles. The second-order valence-corrected chi connectivity index (χ2v) is 5.47. The minimum Gasteiger partial charge on any atom is -0.329 e. The van der Waals surface area contributed by atoms with Gasteiger partial charge in [0.1, 0.15) is 5.82 Å². The van der Waals surface area contributed by atoms with Gasteiger partial charge in [-0.3, -0.25) is 0 Å². The molecule has 18 heavy (non-hydrogen) atoms. The van der Waals surface area contributed by atoms with Gasteiger partial charge in [0.05, 0.1) is 6.04 Å². The van der Waals surface area contributed by atoms with E-state index in [1.165, 1.54) is 6.07 Å². The molecule has 1 heterocycles. The van der Waals surface area contributed by atoms with Crippen molar-refractivity contribution in [2.24, 2.45) is 5.73 Å². The first kappa shape index (κ1) is 13.3. The number of amides is 2. The zero-order valence-corrected chi connectivity index (χ0v) is 11.6. The second-order valence-electron chi connectivity index (χ2n) is 4.55. The summed E-state index contributed by atoms with van der Waals surface area (Å²) in [6, 6.07) is 4.09. The van der Waals surface area contributed by atoms with E-state index in [1.807, 2.05) is 6.92 Å². The van der Waals surface area contributed by atoms with Gasteiger partial charge in [0, 0.05) is 29.2 Å². The Morgan fingerprint density at radius 2 is 2.39 bits per heavy atom. The van der Waals surface area contributed by atoms with Gasteiger partial charge in [-0.05, 0) is 25.1 Å². The van der Waals surface area contributed by atoms with E-state index in [0.29, 0.717) is 18.7 Å². The fraction of sp³-hybridized carbons (Fsp3) is 0.417. The van der Waals surface area contributed by atoms with E-state index in [0.717, 1.165) is 4.47 Å². The van der Waals surface area contributed by atoms with Crippen molar-refractivity contribution in [3.63, 3.8) is 0 Å². The molecule has 3 N–H and O–H groups in total. The summed E-state index contributed by atoms with van der Waals surface area (Å²) in [6.45, 7) is 2.74. The third-order valence-electron chi connectivity index (χ3n) is 2.83. The number of carbonyl (C=O) groups is 1. The van der Waals surface area contributed by atoms with Crippen molar-refractivity contribution in [3.05, 3.63) is 34.1 Å². The van der Waals surface area contributed by atoms with Crippen molar-refractivity contribution < 1.29 is 9.18 Å². The van der Waals surface area contributed by atoms with Gasteiger partial charge >= 0.3 is 6.03 Å². The summed E-state index contributed by atoms with van der Waals surface area (Å²) in [7, 11) is 0. The Morgan fingerprint density at radius 1 is 1.67 bits per heavy atom. The van der Waals surface area contributed by atoms with E-state index >= 15 is 0 Å². The van der Waals surface area contributed by atoms with E-state index in [1.54, 1.807) is 17.0 Å². The molecule has 0 spiro atoms. The zero-order valence-electron chi connectivity index (χ0n) is 9.99. The van der Waals surface area contributed by atoms with E-state index in [4.69, 9.17) is 5.73 Å². The lowest BCUT2D eigenvalue weighted by molar-refractivity contribution is 0.215. The van der Waals surface area contributed by atoms with Crippen molar-refractivity contribution >= 4 is 22.0 Å². The Morgan fingerprint density at radius 3 is 3.06 bits per heavy atom. The predicted molar refractivity (Wildman–Crippen MR) is 70.6 cm³/mol. The maximum absolute atomic E-state index is 13.7. The molecule has 2 atom stereocenters. The van der Waals surface area contributed by atoms with Crippen LogP contribution < -0.4 is 11.1 Å². The molecule has 1 aliphatic heterocycles. The molecular weight excluding hydrogens is 301 g/mol. The van der Waals surface area contributed by atoms with Crippen LogP contribution in [0.5, 0.6) is 0 Å². The first-order valence-corrected chi connectivity index (χ1v) is 6.52. The van der Waals surface area contributed by atoms with Crippen LogP contribution in [0.2, 0.25) is 0 Å². The van der Waals surface area contributed by atoms with Crippen molar-refractivity contribution in [2.45, 2.75) is 19.0 Å². The Balaban J connectivity index is 2.16. The smallest absolute Gasteiger partial charge is 0.318 e. The van der Waals surface area contributed by atoms with Crippen LogP contribution in [-0.2, 0) is 0 Å². The average molecular weight is 316 g/mol.